The highest BCUT2D eigenvalue weighted by atomic mass is 32.1. The molecular weight excluding hydrogens is 428 g/mol. The van der Waals surface area contributed by atoms with Crippen molar-refractivity contribution in [2.75, 3.05) is 19.8 Å². The first kappa shape index (κ1) is 21.8. The minimum atomic E-state index is -0.336. The number of benzene rings is 2. The fourth-order valence-corrected chi connectivity index (χ4v) is 3.46. The molecule has 0 aliphatic carbocycles. The quantitative estimate of drug-likeness (QED) is 0.312. The Balaban J connectivity index is 1.33. The highest BCUT2D eigenvalue weighted by molar-refractivity contribution is 7.80. The smallest absolute Gasteiger partial charge is 0.287 e. The van der Waals surface area contributed by atoms with Crippen molar-refractivity contribution in [3.8, 4) is 17.6 Å². The number of hydroxylamine groups is 1. The van der Waals surface area contributed by atoms with E-state index in [-0.39, 0.29) is 29.3 Å². The average molecular weight is 451 g/mol. The van der Waals surface area contributed by atoms with Crippen LogP contribution in [0.15, 0.2) is 52.9 Å². The van der Waals surface area contributed by atoms with Crippen LogP contribution in [0.5, 0.6) is 5.75 Å². The van der Waals surface area contributed by atoms with E-state index in [2.05, 4.69) is 17.2 Å². The summed E-state index contributed by atoms with van der Waals surface area (Å²) < 4.78 is 17.0. The number of rotatable bonds is 5. The van der Waals surface area contributed by atoms with Crippen LogP contribution in [0.2, 0.25) is 0 Å². The van der Waals surface area contributed by atoms with Crippen LogP contribution in [0.3, 0.4) is 0 Å². The predicted molar refractivity (Wildman–Crippen MR) is 123 cm³/mol. The fraction of sp³-hybridized carbons (Fsp3) is 0.250. The lowest BCUT2D eigenvalue weighted by molar-refractivity contribution is 0.0256. The maximum atomic E-state index is 12.4. The van der Waals surface area contributed by atoms with Gasteiger partial charge in [0.2, 0.25) is 0 Å². The zero-order valence-electron chi connectivity index (χ0n) is 17.2. The molecule has 164 valence electrons. The van der Waals surface area contributed by atoms with Crippen LogP contribution in [0, 0.1) is 11.8 Å². The summed E-state index contributed by atoms with van der Waals surface area (Å²) in [6, 6.07) is 14.3. The number of nitrogens with one attached hydrogen (secondary N) is 2. The van der Waals surface area contributed by atoms with Gasteiger partial charge in [-0.2, -0.15) is 0 Å². The van der Waals surface area contributed by atoms with Crippen molar-refractivity contribution in [1.29, 1.82) is 0 Å². The Hall–Kier alpha value is -3.38. The van der Waals surface area contributed by atoms with Crippen molar-refractivity contribution in [1.82, 2.24) is 10.8 Å². The minimum absolute atomic E-state index is 0.147. The summed E-state index contributed by atoms with van der Waals surface area (Å²) in [6.07, 6.45) is 1.89. The normalized spacial score (nSPS) is 13.8. The number of amides is 1. The van der Waals surface area contributed by atoms with E-state index >= 15 is 0 Å². The van der Waals surface area contributed by atoms with E-state index in [4.69, 9.17) is 31.3 Å². The van der Waals surface area contributed by atoms with Crippen LogP contribution < -0.4 is 15.5 Å². The summed E-state index contributed by atoms with van der Waals surface area (Å²) in [6.45, 7) is 1.60. The number of hydrogen-bond donors (Lipinski definition) is 3. The SMILES string of the molecule is O=C(NCC#Cc1ccc(C(=S)NO)cc1)c1cc2cc(OC3CCOCC3)ccc2o1. The van der Waals surface area contributed by atoms with E-state index < -0.39 is 0 Å². The molecular formula is C24H22N2O5S. The molecule has 1 amide bonds. The zero-order chi connectivity index (χ0) is 22.3. The molecule has 0 spiro atoms. The van der Waals surface area contributed by atoms with Crippen LogP contribution in [-0.2, 0) is 4.74 Å². The van der Waals surface area contributed by atoms with Crippen molar-refractivity contribution >= 4 is 34.1 Å². The lowest BCUT2D eigenvalue weighted by Crippen LogP contribution is -2.25. The molecule has 1 fully saturated rings. The van der Waals surface area contributed by atoms with Gasteiger partial charge in [-0.3, -0.25) is 15.5 Å². The van der Waals surface area contributed by atoms with Gasteiger partial charge < -0.3 is 19.2 Å². The van der Waals surface area contributed by atoms with Gasteiger partial charge in [0.15, 0.2) is 5.76 Å². The highest BCUT2D eigenvalue weighted by Crippen LogP contribution is 2.26. The number of hydrogen-bond acceptors (Lipinski definition) is 6. The van der Waals surface area contributed by atoms with Gasteiger partial charge in [-0.1, -0.05) is 36.2 Å². The van der Waals surface area contributed by atoms with Gasteiger partial charge >= 0.3 is 0 Å². The summed E-state index contributed by atoms with van der Waals surface area (Å²) in [5, 5.41) is 12.4. The van der Waals surface area contributed by atoms with Crippen LogP contribution in [-0.4, -0.2) is 42.0 Å². The number of fused-ring (bicyclic) bond motifs is 1. The van der Waals surface area contributed by atoms with Gasteiger partial charge in [-0.15, -0.1) is 0 Å². The van der Waals surface area contributed by atoms with Gasteiger partial charge in [0, 0.05) is 29.4 Å². The minimum Gasteiger partial charge on any atom is -0.490 e. The summed E-state index contributed by atoms with van der Waals surface area (Å²) in [7, 11) is 0. The molecule has 8 heteroatoms. The van der Waals surface area contributed by atoms with Gasteiger partial charge in [-0.05, 0) is 36.4 Å². The third-order valence-corrected chi connectivity index (χ3v) is 5.33. The molecule has 32 heavy (non-hydrogen) atoms. The number of furan rings is 1. The molecule has 0 unspecified atom stereocenters. The molecule has 0 bridgehead atoms. The molecule has 2 heterocycles. The Morgan fingerprint density at radius 2 is 1.94 bits per heavy atom. The average Bonchev–Trinajstić information content (AvgIpc) is 3.26. The summed E-state index contributed by atoms with van der Waals surface area (Å²) in [4.78, 5) is 12.7. The Labute approximate surface area is 190 Å². The molecule has 3 N–H and O–H groups in total. The number of ether oxygens (including phenoxy) is 2. The van der Waals surface area contributed by atoms with Crippen molar-refractivity contribution in [2.24, 2.45) is 0 Å². The summed E-state index contributed by atoms with van der Waals surface area (Å²) >= 11 is 4.95. The fourth-order valence-electron chi connectivity index (χ4n) is 3.32. The van der Waals surface area contributed by atoms with Crippen LogP contribution in [0.4, 0.5) is 0 Å². The van der Waals surface area contributed by atoms with Crippen LogP contribution in [0.25, 0.3) is 11.0 Å². The van der Waals surface area contributed by atoms with Gasteiger partial charge in [0.1, 0.15) is 22.4 Å². The molecule has 1 aliphatic rings. The van der Waals surface area contributed by atoms with E-state index in [0.29, 0.717) is 24.4 Å². The first-order chi connectivity index (χ1) is 15.6. The molecule has 1 aromatic heterocycles. The van der Waals surface area contributed by atoms with Crippen molar-refractivity contribution < 1.29 is 23.9 Å². The number of thiocarbonyl (C=S) groups is 1. The topological polar surface area (TPSA) is 93.0 Å². The second-order valence-corrected chi connectivity index (χ2v) is 7.65. The predicted octanol–water partition coefficient (Wildman–Crippen LogP) is 3.43. The molecule has 7 nitrogen and oxygen atoms in total. The molecule has 4 rings (SSSR count). The maximum absolute atomic E-state index is 12.4. The van der Waals surface area contributed by atoms with Crippen molar-refractivity contribution in [3.05, 3.63) is 65.4 Å². The molecule has 0 radical (unpaired) electrons. The van der Waals surface area contributed by atoms with Crippen LogP contribution >= 0.6 is 12.2 Å². The second-order valence-electron chi connectivity index (χ2n) is 7.24. The molecule has 1 aliphatic heterocycles. The molecule has 0 atom stereocenters. The van der Waals surface area contributed by atoms with Gasteiger partial charge in [-0.25, -0.2) is 0 Å². The number of carbonyl (C=O) groups excluding carboxylic acids is 1. The molecule has 0 saturated carbocycles. The van der Waals surface area contributed by atoms with E-state index in [1.165, 1.54) is 0 Å². The van der Waals surface area contributed by atoms with Crippen molar-refractivity contribution in [2.45, 2.75) is 18.9 Å². The van der Waals surface area contributed by atoms with E-state index in [1.54, 1.807) is 30.3 Å². The summed E-state index contributed by atoms with van der Waals surface area (Å²) in [5.41, 5.74) is 4.02. The lowest BCUT2D eigenvalue weighted by atomic mass is 10.1. The first-order valence-electron chi connectivity index (χ1n) is 10.2. The third kappa shape index (κ3) is 5.45. The third-order valence-electron chi connectivity index (χ3n) is 5.00. The largest absolute Gasteiger partial charge is 0.490 e. The second kappa shape index (κ2) is 10.3. The molecule has 1 saturated heterocycles. The Bertz CT molecular complexity index is 1170. The first-order valence-corrected chi connectivity index (χ1v) is 10.6. The maximum Gasteiger partial charge on any atom is 0.287 e. The van der Waals surface area contributed by atoms with Gasteiger partial charge in [0.05, 0.1) is 19.8 Å². The van der Waals surface area contributed by atoms with E-state index in [0.717, 1.165) is 29.5 Å². The zero-order valence-corrected chi connectivity index (χ0v) is 18.0. The molecule has 3 aromatic rings. The van der Waals surface area contributed by atoms with Gasteiger partial charge in [0.25, 0.3) is 5.91 Å². The molecule has 2 aromatic carbocycles. The number of carbonyl (C=O) groups is 1. The lowest BCUT2D eigenvalue weighted by Gasteiger charge is -2.23. The van der Waals surface area contributed by atoms with E-state index in [9.17, 15) is 4.79 Å². The Morgan fingerprint density at radius 3 is 2.69 bits per heavy atom. The van der Waals surface area contributed by atoms with Crippen molar-refractivity contribution in [3.63, 3.8) is 0 Å². The Morgan fingerprint density at radius 1 is 1.16 bits per heavy atom. The monoisotopic (exact) mass is 450 g/mol. The van der Waals surface area contributed by atoms with Crippen LogP contribution in [0.1, 0.15) is 34.5 Å². The standard InChI is InChI=1S/C24H22N2O5S/c27-23(25-11-1-2-16-3-5-17(6-4-16)24(32)26-28)22-15-18-14-20(7-8-21(18)31-22)30-19-9-12-29-13-10-19/h3-8,14-15,19,28H,9-13H2,(H,25,27)(H,26,32). The highest BCUT2D eigenvalue weighted by Gasteiger charge is 2.16. The summed E-state index contributed by atoms with van der Waals surface area (Å²) in [5.74, 6) is 6.50. The van der Waals surface area contributed by atoms with E-state index in [1.807, 2.05) is 23.7 Å². The Kier molecular flexibility index (Phi) is 7.02.